The quantitative estimate of drug-likeness (QED) is 0.719. The van der Waals surface area contributed by atoms with E-state index in [1.165, 1.54) is 0 Å². The van der Waals surface area contributed by atoms with Crippen LogP contribution in [0.1, 0.15) is 20.8 Å². The van der Waals surface area contributed by atoms with Gasteiger partial charge in [-0.15, -0.1) is 11.6 Å². The third-order valence-corrected chi connectivity index (χ3v) is 6.53. The van der Waals surface area contributed by atoms with Crippen LogP contribution in [0.4, 0.5) is 0 Å². The number of halogens is 1. The zero-order valence-electron chi connectivity index (χ0n) is 9.36. The van der Waals surface area contributed by atoms with Crippen molar-refractivity contribution in [1.29, 1.82) is 0 Å². The fourth-order valence-corrected chi connectivity index (χ4v) is 4.77. The van der Waals surface area contributed by atoms with Crippen molar-refractivity contribution in [2.45, 2.75) is 31.6 Å². The van der Waals surface area contributed by atoms with Crippen molar-refractivity contribution in [3.05, 3.63) is 0 Å². The lowest BCUT2D eigenvalue weighted by atomic mass is 10.3. The summed E-state index contributed by atoms with van der Waals surface area (Å²) in [5.74, 6) is 2.05. The summed E-state index contributed by atoms with van der Waals surface area (Å²) >= 11 is 7.58. The molecule has 0 N–H and O–H groups in total. The summed E-state index contributed by atoms with van der Waals surface area (Å²) in [6.45, 7) is 5.78. The summed E-state index contributed by atoms with van der Waals surface area (Å²) < 4.78 is 25.3. The summed E-state index contributed by atoms with van der Waals surface area (Å²) in [7, 11) is -3.23. The molecule has 0 amide bonds. The van der Waals surface area contributed by atoms with Crippen LogP contribution in [0, 0.1) is 0 Å². The minimum atomic E-state index is -3.23. The van der Waals surface area contributed by atoms with Gasteiger partial charge in [0.05, 0.1) is 4.75 Å². The number of hydrogen-bond donors (Lipinski definition) is 0. The van der Waals surface area contributed by atoms with Crippen LogP contribution in [0.2, 0.25) is 0 Å². The van der Waals surface area contributed by atoms with E-state index in [9.17, 15) is 8.42 Å². The highest BCUT2D eigenvalue weighted by Crippen LogP contribution is 2.27. The molecule has 1 atom stereocenters. The summed E-state index contributed by atoms with van der Waals surface area (Å²) in [5, 5.41) is 0. The molecular formula is C9H18ClNO2S2. The molecule has 1 fully saturated rings. The second-order valence-corrected chi connectivity index (χ2v) is 8.71. The smallest absolute Gasteiger partial charge is 0.212 e. The number of hydrogen-bond acceptors (Lipinski definition) is 3. The Labute approximate surface area is 102 Å². The fraction of sp³-hybridized carbons (Fsp3) is 1.00. The van der Waals surface area contributed by atoms with Gasteiger partial charge in [-0.05, 0) is 20.8 Å². The standard InChI is InChI=1S/C9H18ClNO2S2/c1-9(2,3)15(12,13)11-4-5-14-7-8(11)6-10/h8H,4-7H2,1-3H3. The van der Waals surface area contributed by atoms with E-state index in [0.29, 0.717) is 12.4 Å². The molecule has 0 radical (unpaired) electrons. The monoisotopic (exact) mass is 271 g/mol. The molecule has 1 unspecified atom stereocenters. The lowest BCUT2D eigenvalue weighted by Gasteiger charge is -2.37. The minimum absolute atomic E-state index is 0.0466. The molecule has 1 aliphatic heterocycles. The maximum Gasteiger partial charge on any atom is 0.219 e. The molecule has 0 aromatic rings. The van der Waals surface area contributed by atoms with Gasteiger partial charge in [-0.1, -0.05) is 0 Å². The Kier molecular flexibility index (Phi) is 4.37. The third kappa shape index (κ3) is 2.81. The predicted octanol–water partition coefficient (Wildman–Crippen LogP) is 1.77. The van der Waals surface area contributed by atoms with Crippen LogP contribution in [-0.2, 0) is 10.0 Å². The van der Waals surface area contributed by atoms with Crippen LogP contribution in [0.5, 0.6) is 0 Å². The SMILES string of the molecule is CC(C)(C)S(=O)(=O)N1CCSCC1CCl. The number of alkyl halides is 1. The first kappa shape index (κ1) is 13.6. The Morgan fingerprint density at radius 1 is 1.47 bits per heavy atom. The first-order chi connectivity index (χ1) is 6.80. The lowest BCUT2D eigenvalue weighted by Crippen LogP contribution is -2.52. The van der Waals surface area contributed by atoms with Crippen LogP contribution in [0.15, 0.2) is 0 Å². The molecular weight excluding hydrogens is 254 g/mol. The molecule has 0 saturated carbocycles. The second-order valence-electron chi connectivity index (χ2n) is 4.61. The van der Waals surface area contributed by atoms with E-state index in [1.54, 1.807) is 36.8 Å². The maximum atomic E-state index is 12.2. The maximum absolute atomic E-state index is 12.2. The summed E-state index contributed by atoms with van der Waals surface area (Å²) in [6.07, 6.45) is 0. The van der Waals surface area contributed by atoms with E-state index in [-0.39, 0.29) is 6.04 Å². The van der Waals surface area contributed by atoms with Gasteiger partial charge in [0.15, 0.2) is 0 Å². The van der Waals surface area contributed by atoms with Crippen molar-refractivity contribution >= 4 is 33.4 Å². The molecule has 3 nitrogen and oxygen atoms in total. The predicted molar refractivity (Wildman–Crippen MR) is 67.2 cm³/mol. The largest absolute Gasteiger partial charge is 0.219 e. The number of thioether (sulfide) groups is 1. The van der Waals surface area contributed by atoms with Crippen molar-refractivity contribution in [2.75, 3.05) is 23.9 Å². The fourth-order valence-electron chi connectivity index (χ4n) is 1.43. The Morgan fingerprint density at radius 3 is 2.53 bits per heavy atom. The zero-order chi connectivity index (χ0) is 11.7. The first-order valence-corrected chi connectivity index (χ1v) is 8.08. The van der Waals surface area contributed by atoms with E-state index >= 15 is 0 Å². The van der Waals surface area contributed by atoms with Crippen molar-refractivity contribution in [2.24, 2.45) is 0 Å². The number of nitrogens with zero attached hydrogens (tertiary/aromatic N) is 1. The Morgan fingerprint density at radius 2 is 2.07 bits per heavy atom. The molecule has 0 aliphatic carbocycles. The second kappa shape index (κ2) is 4.82. The van der Waals surface area contributed by atoms with E-state index in [2.05, 4.69) is 0 Å². The van der Waals surface area contributed by atoms with Gasteiger partial charge in [0.1, 0.15) is 0 Å². The molecule has 1 aliphatic rings. The van der Waals surface area contributed by atoms with Gasteiger partial charge in [0, 0.05) is 30.0 Å². The molecule has 90 valence electrons. The molecule has 0 spiro atoms. The molecule has 15 heavy (non-hydrogen) atoms. The van der Waals surface area contributed by atoms with Gasteiger partial charge in [0.25, 0.3) is 0 Å². The number of rotatable bonds is 2. The van der Waals surface area contributed by atoms with Gasteiger partial charge < -0.3 is 0 Å². The van der Waals surface area contributed by atoms with Gasteiger partial charge in [-0.3, -0.25) is 0 Å². The molecule has 1 rings (SSSR count). The normalized spacial score (nSPS) is 25.5. The van der Waals surface area contributed by atoms with Gasteiger partial charge in [0.2, 0.25) is 10.0 Å². The van der Waals surface area contributed by atoms with Gasteiger partial charge in [-0.2, -0.15) is 16.1 Å². The van der Waals surface area contributed by atoms with Crippen molar-refractivity contribution in [3.63, 3.8) is 0 Å². The highest BCUT2D eigenvalue weighted by atomic mass is 35.5. The summed E-state index contributed by atoms with van der Waals surface area (Å²) in [5.41, 5.74) is 0. The molecule has 0 aromatic heterocycles. The van der Waals surface area contributed by atoms with Crippen LogP contribution in [-0.4, -0.2) is 47.4 Å². The van der Waals surface area contributed by atoms with E-state index < -0.39 is 14.8 Å². The molecule has 0 bridgehead atoms. The van der Waals surface area contributed by atoms with E-state index in [1.807, 2.05) is 0 Å². The molecule has 1 heterocycles. The minimum Gasteiger partial charge on any atom is -0.212 e. The molecule has 6 heteroatoms. The van der Waals surface area contributed by atoms with Crippen LogP contribution in [0.3, 0.4) is 0 Å². The molecule has 1 saturated heterocycles. The van der Waals surface area contributed by atoms with Crippen LogP contribution < -0.4 is 0 Å². The Balaban J connectivity index is 2.94. The Bertz CT molecular complexity index is 311. The highest BCUT2D eigenvalue weighted by Gasteiger charge is 2.39. The molecule has 0 aromatic carbocycles. The third-order valence-electron chi connectivity index (χ3n) is 2.43. The summed E-state index contributed by atoms with van der Waals surface area (Å²) in [6, 6.07) is -0.0466. The number of sulfonamides is 1. The Hall–Kier alpha value is 0.550. The zero-order valence-corrected chi connectivity index (χ0v) is 11.8. The van der Waals surface area contributed by atoms with Crippen LogP contribution >= 0.6 is 23.4 Å². The topological polar surface area (TPSA) is 37.4 Å². The van der Waals surface area contributed by atoms with Crippen molar-refractivity contribution < 1.29 is 8.42 Å². The van der Waals surface area contributed by atoms with Crippen molar-refractivity contribution in [1.82, 2.24) is 4.31 Å². The van der Waals surface area contributed by atoms with E-state index in [4.69, 9.17) is 11.6 Å². The van der Waals surface area contributed by atoms with Gasteiger partial charge in [-0.25, -0.2) is 8.42 Å². The van der Waals surface area contributed by atoms with E-state index in [0.717, 1.165) is 11.5 Å². The van der Waals surface area contributed by atoms with Crippen molar-refractivity contribution in [3.8, 4) is 0 Å². The average Bonchev–Trinajstić information content (AvgIpc) is 2.16. The van der Waals surface area contributed by atoms with Gasteiger partial charge >= 0.3 is 0 Å². The lowest BCUT2D eigenvalue weighted by molar-refractivity contribution is 0.357. The van der Waals surface area contributed by atoms with Crippen LogP contribution in [0.25, 0.3) is 0 Å². The first-order valence-electron chi connectivity index (χ1n) is 4.96. The average molecular weight is 272 g/mol. The summed E-state index contributed by atoms with van der Waals surface area (Å²) in [4.78, 5) is 0. The highest BCUT2D eigenvalue weighted by molar-refractivity contribution is 7.99.